The maximum atomic E-state index is 11.8. The van der Waals surface area contributed by atoms with Gasteiger partial charge in [-0.1, -0.05) is 6.07 Å². The normalized spacial score (nSPS) is 22.6. The van der Waals surface area contributed by atoms with E-state index in [1.807, 2.05) is 0 Å². The standard InChI is InChI=1S/C30H26O13/c31-12-6-17(35)23-22(7-12)42-29(11-4-19(37)26(40)20(38)5-11)27(41)25(23)24-18(36)9-15(33)13-8-21(39)28(43-30(13)24)10-1-2-14(32)16(34)3-10/h1-7,9,21,25,27-29,31-41H,8H2/t21-,25+,27-,28+,29+/m0/s1. The second kappa shape index (κ2) is 9.86. The first kappa shape index (κ1) is 27.8. The van der Waals surface area contributed by atoms with Crippen LogP contribution in [-0.2, 0) is 6.42 Å². The van der Waals surface area contributed by atoms with Crippen LogP contribution in [-0.4, -0.2) is 68.4 Å². The third-order valence-electron chi connectivity index (χ3n) is 7.77. The minimum Gasteiger partial charge on any atom is -0.508 e. The van der Waals surface area contributed by atoms with Gasteiger partial charge in [-0.2, -0.15) is 0 Å². The Bertz CT molecular complexity index is 1750. The van der Waals surface area contributed by atoms with Crippen molar-refractivity contribution >= 4 is 0 Å². The van der Waals surface area contributed by atoms with Crippen LogP contribution in [0.5, 0.6) is 63.2 Å². The zero-order valence-corrected chi connectivity index (χ0v) is 21.9. The Labute approximate surface area is 242 Å². The van der Waals surface area contributed by atoms with Gasteiger partial charge in [-0.05, 0) is 29.8 Å². The zero-order chi connectivity index (χ0) is 30.9. The third kappa shape index (κ3) is 4.42. The molecular formula is C30H26O13. The predicted octanol–water partition coefficient (Wildman–Crippen LogP) is 2.70. The largest absolute Gasteiger partial charge is 0.508 e. The van der Waals surface area contributed by atoms with Crippen molar-refractivity contribution in [3.63, 3.8) is 0 Å². The highest BCUT2D eigenvalue weighted by atomic mass is 16.5. The molecule has 2 heterocycles. The molecule has 0 fully saturated rings. The number of benzene rings is 4. The molecule has 4 aromatic rings. The van der Waals surface area contributed by atoms with Crippen LogP contribution in [0.3, 0.4) is 0 Å². The summed E-state index contributed by atoms with van der Waals surface area (Å²) in [5.41, 5.74) is 0.0126. The topological polar surface area (TPSA) is 241 Å². The number of aliphatic hydroxyl groups is 2. The monoisotopic (exact) mass is 594 g/mol. The highest BCUT2D eigenvalue weighted by molar-refractivity contribution is 5.66. The summed E-state index contributed by atoms with van der Waals surface area (Å²) in [7, 11) is 0. The van der Waals surface area contributed by atoms with Crippen LogP contribution in [0.15, 0.2) is 48.5 Å². The molecule has 4 aromatic carbocycles. The summed E-state index contributed by atoms with van der Waals surface area (Å²) in [6, 6.07) is 8.90. The summed E-state index contributed by atoms with van der Waals surface area (Å²) in [4.78, 5) is 0. The molecule has 6 rings (SSSR count). The number of phenols is 9. The van der Waals surface area contributed by atoms with Crippen molar-refractivity contribution in [1.29, 1.82) is 0 Å². The molecule has 13 heteroatoms. The molecule has 0 spiro atoms. The molecule has 0 aromatic heterocycles. The highest BCUT2D eigenvalue weighted by Gasteiger charge is 2.46. The van der Waals surface area contributed by atoms with Gasteiger partial charge in [0.2, 0.25) is 0 Å². The first-order valence-electron chi connectivity index (χ1n) is 12.9. The van der Waals surface area contributed by atoms with Gasteiger partial charge in [0.05, 0.1) is 12.0 Å². The van der Waals surface area contributed by atoms with Gasteiger partial charge < -0.3 is 65.6 Å². The van der Waals surface area contributed by atoms with E-state index in [2.05, 4.69) is 0 Å². The molecule has 0 saturated carbocycles. The summed E-state index contributed by atoms with van der Waals surface area (Å²) in [6.07, 6.45) is -5.81. The second-order valence-electron chi connectivity index (χ2n) is 10.5. The first-order chi connectivity index (χ1) is 20.3. The van der Waals surface area contributed by atoms with Gasteiger partial charge in [0, 0.05) is 46.9 Å². The lowest BCUT2D eigenvalue weighted by molar-refractivity contribution is 0.00108. The Morgan fingerprint density at radius 1 is 0.558 bits per heavy atom. The van der Waals surface area contributed by atoms with Gasteiger partial charge >= 0.3 is 0 Å². The molecule has 224 valence electrons. The molecule has 5 atom stereocenters. The number of rotatable bonds is 3. The molecule has 2 aliphatic rings. The molecule has 2 aliphatic heterocycles. The summed E-state index contributed by atoms with van der Waals surface area (Å²) < 4.78 is 12.0. The number of hydrogen-bond acceptors (Lipinski definition) is 13. The molecule has 0 unspecified atom stereocenters. The van der Waals surface area contributed by atoms with E-state index < -0.39 is 82.1 Å². The minimum absolute atomic E-state index is 0.0281. The van der Waals surface area contributed by atoms with Crippen molar-refractivity contribution < 1.29 is 65.6 Å². The zero-order valence-electron chi connectivity index (χ0n) is 21.9. The average molecular weight is 595 g/mol. The van der Waals surface area contributed by atoms with Crippen LogP contribution < -0.4 is 9.47 Å². The fourth-order valence-corrected chi connectivity index (χ4v) is 5.78. The Morgan fingerprint density at radius 3 is 1.88 bits per heavy atom. The van der Waals surface area contributed by atoms with Crippen molar-refractivity contribution in [3.8, 4) is 63.2 Å². The first-order valence-corrected chi connectivity index (χ1v) is 12.9. The molecule has 13 nitrogen and oxygen atoms in total. The summed E-state index contributed by atoms with van der Waals surface area (Å²) in [6.45, 7) is 0. The van der Waals surface area contributed by atoms with E-state index in [1.165, 1.54) is 18.2 Å². The van der Waals surface area contributed by atoms with E-state index in [0.717, 1.165) is 30.3 Å². The molecule has 0 aliphatic carbocycles. The van der Waals surface area contributed by atoms with Crippen LogP contribution >= 0.6 is 0 Å². The van der Waals surface area contributed by atoms with E-state index in [9.17, 15) is 56.2 Å². The van der Waals surface area contributed by atoms with Crippen molar-refractivity contribution in [2.45, 2.75) is 36.8 Å². The van der Waals surface area contributed by atoms with Gasteiger partial charge in [-0.15, -0.1) is 0 Å². The number of hydrogen-bond donors (Lipinski definition) is 11. The molecule has 0 radical (unpaired) electrons. The summed E-state index contributed by atoms with van der Waals surface area (Å²) in [5.74, 6) is -6.87. The Hall–Kier alpha value is -5.40. The van der Waals surface area contributed by atoms with Crippen LogP contribution in [0.25, 0.3) is 0 Å². The van der Waals surface area contributed by atoms with Crippen LogP contribution in [0.2, 0.25) is 0 Å². The van der Waals surface area contributed by atoms with E-state index in [4.69, 9.17) is 9.47 Å². The fourth-order valence-electron chi connectivity index (χ4n) is 5.78. The van der Waals surface area contributed by atoms with Gasteiger partial charge in [0.1, 0.15) is 46.7 Å². The molecule has 0 amide bonds. The van der Waals surface area contributed by atoms with Crippen molar-refractivity contribution in [3.05, 3.63) is 76.3 Å². The Morgan fingerprint density at radius 2 is 1.21 bits per heavy atom. The number of ether oxygens (including phenoxy) is 2. The van der Waals surface area contributed by atoms with E-state index in [0.29, 0.717) is 0 Å². The quantitative estimate of drug-likeness (QED) is 0.153. The molecule has 0 saturated heterocycles. The molecule has 43 heavy (non-hydrogen) atoms. The number of aromatic hydroxyl groups is 9. The number of fused-ring (bicyclic) bond motifs is 2. The van der Waals surface area contributed by atoms with E-state index in [1.54, 1.807) is 0 Å². The van der Waals surface area contributed by atoms with Crippen molar-refractivity contribution in [1.82, 2.24) is 0 Å². The SMILES string of the molecule is Oc1cc(O)c2c(c1)O[C@H](c1cc(O)c(O)c(O)c1)[C@@H](O)[C@H]2c1c(O)cc(O)c2c1O[C@H](c1ccc(O)c(O)c1)[C@@H](O)C2. The Balaban J connectivity index is 1.56. The molecule has 0 bridgehead atoms. The lowest BCUT2D eigenvalue weighted by Gasteiger charge is -2.40. The molecular weight excluding hydrogens is 568 g/mol. The van der Waals surface area contributed by atoms with Crippen molar-refractivity contribution in [2.24, 2.45) is 0 Å². The van der Waals surface area contributed by atoms with Gasteiger partial charge in [0.15, 0.2) is 34.9 Å². The fraction of sp³-hybridized carbons (Fsp3) is 0.200. The lowest BCUT2D eigenvalue weighted by atomic mass is 9.77. The Kier molecular flexibility index (Phi) is 6.36. The number of aliphatic hydroxyl groups excluding tert-OH is 2. The van der Waals surface area contributed by atoms with Gasteiger partial charge in [0.25, 0.3) is 0 Å². The maximum Gasteiger partial charge on any atom is 0.200 e. The maximum absolute atomic E-state index is 11.8. The van der Waals surface area contributed by atoms with Crippen molar-refractivity contribution in [2.75, 3.05) is 0 Å². The lowest BCUT2D eigenvalue weighted by Crippen LogP contribution is -2.36. The van der Waals surface area contributed by atoms with E-state index >= 15 is 0 Å². The smallest absolute Gasteiger partial charge is 0.200 e. The third-order valence-corrected chi connectivity index (χ3v) is 7.77. The minimum atomic E-state index is -1.71. The van der Waals surface area contributed by atoms with Crippen LogP contribution in [0.1, 0.15) is 45.9 Å². The van der Waals surface area contributed by atoms with Gasteiger partial charge in [-0.3, -0.25) is 0 Å². The number of phenolic OH excluding ortho intramolecular Hbond substituents is 9. The second-order valence-corrected chi connectivity index (χ2v) is 10.5. The highest BCUT2D eigenvalue weighted by Crippen LogP contribution is 2.57. The predicted molar refractivity (Wildman–Crippen MR) is 145 cm³/mol. The average Bonchev–Trinajstić information content (AvgIpc) is 2.94. The van der Waals surface area contributed by atoms with Crippen LogP contribution in [0, 0.1) is 0 Å². The summed E-state index contributed by atoms with van der Waals surface area (Å²) >= 11 is 0. The molecule has 11 N–H and O–H groups in total. The summed E-state index contributed by atoms with van der Waals surface area (Å²) in [5, 5.41) is 116. The van der Waals surface area contributed by atoms with E-state index in [-0.39, 0.29) is 45.7 Å². The van der Waals surface area contributed by atoms with Gasteiger partial charge in [-0.25, -0.2) is 0 Å². The van der Waals surface area contributed by atoms with Crippen LogP contribution in [0.4, 0.5) is 0 Å².